The van der Waals surface area contributed by atoms with Crippen molar-refractivity contribution in [3.05, 3.63) is 66.4 Å². The highest BCUT2D eigenvalue weighted by Crippen LogP contribution is 2.25. The zero-order valence-corrected chi connectivity index (χ0v) is 13.5. The number of H-pyrrole nitrogens is 1. The Morgan fingerprint density at radius 3 is 2.79 bits per heavy atom. The molecule has 0 saturated carbocycles. The molecule has 0 unspecified atom stereocenters. The molecule has 0 aliphatic rings. The summed E-state index contributed by atoms with van der Waals surface area (Å²) in [7, 11) is 0. The van der Waals surface area contributed by atoms with Gasteiger partial charge in [-0.25, -0.2) is 0 Å². The van der Waals surface area contributed by atoms with Crippen LogP contribution >= 0.6 is 0 Å². The Bertz CT molecular complexity index is 812. The first-order valence-corrected chi connectivity index (χ1v) is 7.91. The van der Waals surface area contributed by atoms with Crippen LogP contribution in [-0.4, -0.2) is 22.7 Å². The molecule has 0 aliphatic carbocycles. The third kappa shape index (κ3) is 3.63. The molecule has 1 heterocycles. The molecule has 0 saturated heterocycles. The standard InChI is InChI=1S/C19H19N3O2/c1-2-11-24-16-10-6-9-15(12-16)19(23)21-17-13-20-22-18(17)14-7-4-3-5-8-14/h3-10,12-13H,2,11H2,1H3,(H,20,22)(H,21,23). The highest BCUT2D eigenvalue weighted by molar-refractivity contribution is 6.06. The number of anilines is 1. The van der Waals surface area contributed by atoms with Gasteiger partial charge in [-0.3, -0.25) is 9.89 Å². The Morgan fingerprint density at radius 1 is 1.17 bits per heavy atom. The highest BCUT2D eigenvalue weighted by Gasteiger charge is 2.12. The van der Waals surface area contributed by atoms with Gasteiger partial charge in [-0.1, -0.05) is 43.3 Å². The Morgan fingerprint density at radius 2 is 2.00 bits per heavy atom. The van der Waals surface area contributed by atoms with E-state index in [1.54, 1.807) is 18.3 Å². The number of hydrogen-bond acceptors (Lipinski definition) is 3. The Hall–Kier alpha value is -3.08. The van der Waals surface area contributed by atoms with Gasteiger partial charge in [-0.2, -0.15) is 5.10 Å². The van der Waals surface area contributed by atoms with Crippen molar-refractivity contribution in [3.8, 4) is 17.0 Å². The van der Waals surface area contributed by atoms with Gasteiger partial charge >= 0.3 is 0 Å². The number of carbonyl (C=O) groups is 1. The summed E-state index contributed by atoms with van der Waals surface area (Å²) >= 11 is 0. The largest absolute Gasteiger partial charge is 0.494 e. The van der Waals surface area contributed by atoms with Gasteiger partial charge in [-0.15, -0.1) is 0 Å². The number of aromatic nitrogens is 2. The van der Waals surface area contributed by atoms with Gasteiger partial charge in [0, 0.05) is 11.1 Å². The lowest BCUT2D eigenvalue weighted by Crippen LogP contribution is -2.12. The molecule has 0 fully saturated rings. The number of ether oxygens (including phenoxy) is 1. The van der Waals surface area contributed by atoms with Crippen LogP contribution in [0.4, 0.5) is 5.69 Å². The van der Waals surface area contributed by atoms with Crippen molar-refractivity contribution in [2.75, 3.05) is 11.9 Å². The molecule has 0 bridgehead atoms. The number of nitrogens with one attached hydrogen (secondary N) is 2. The summed E-state index contributed by atoms with van der Waals surface area (Å²) < 4.78 is 5.58. The van der Waals surface area contributed by atoms with Crippen LogP contribution in [0.25, 0.3) is 11.3 Å². The van der Waals surface area contributed by atoms with Crippen LogP contribution in [0, 0.1) is 0 Å². The molecule has 2 N–H and O–H groups in total. The maximum atomic E-state index is 12.5. The maximum Gasteiger partial charge on any atom is 0.255 e. The Balaban J connectivity index is 1.78. The minimum atomic E-state index is -0.199. The predicted molar refractivity (Wildman–Crippen MR) is 94.2 cm³/mol. The van der Waals surface area contributed by atoms with Gasteiger partial charge in [0.2, 0.25) is 0 Å². The number of aromatic amines is 1. The van der Waals surface area contributed by atoms with Gasteiger partial charge in [0.1, 0.15) is 5.75 Å². The monoisotopic (exact) mass is 321 g/mol. The van der Waals surface area contributed by atoms with E-state index in [4.69, 9.17) is 4.74 Å². The van der Waals surface area contributed by atoms with E-state index in [0.717, 1.165) is 17.7 Å². The maximum absolute atomic E-state index is 12.5. The molecule has 0 atom stereocenters. The third-order valence-electron chi connectivity index (χ3n) is 3.52. The summed E-state index contributed by atoms with van der Waals surface area (Å²) in [5, 5.41) is 9.87. The summed E-state index contributed by atoms with van der Waals surface area (Å²) in [6, 6.07) is 16.9. The number of carbonyl (C=O) groups excluding carboxylic acids is 1. The summed E-state index contributed by atoms with van der Waals surface area (Å²) in [6.45, 7) is 2.67. The highest BCUT2D eigenvalue weighted by atomic mass is 16.5. The molecule has 1 amide bonds. The van der Waals surface area contributed by atoms with Crippen LogP contribution in [0.3, 0.4) is 0 Å². The van der Waals surface area contributed by atoms with Crippen molar-refractivity contribution in [1.29, 1.82) is 0 Å². The van der Waals surface area contributed by atoms with E-state index in [1.807, 2.05) is 49.4 Å². The van der Waals surface area contributed by atoms with Crippen LogP contribution in [-0.2, 0) is 0 Å². The molecule has 0 radical (unpaired) electrons. The molecule has 24 heavy (non-hydrogen) atoms. The van der Waals surface area contributed by atoms with Crippen LogP contribution in [0.15, 0.2) is 60.8 Å². The zero-order valence-electron chi connectivity index (χ0n) is 13.5. The minimum Gasteiger partial charge on any atom is -0.494 e. The third-order valence-corrected chi connectivity index (χ3v) is 3.52. The van der Waals surface area contributed by atoms with E-state index in [1.165, 1.54) is 0 Å². The topological polar surface area (TPSA) is 67.0 Å². The van der Waals surface area contributed by atoms with Crippen molar-refractivity contribution in [1.82, 2.24) is 10.2 Å². The fourth-order valence-corrected chi connectivity index (χ4v) is 2.35. The lowest BCUT2D eigenvalue weighted by atomic mass is 10.1. The van der Waals surface area contributed by atoms with Gasteiger partial charge in [0.25, 0.3) is 5.91 Å². The fraction of sp³-hybridized carbons (Fsp3) is 0.158. The first kappa shape index (κ1) is 15.8. The van der Waals surface area contributed by atoms with Gasteiger partial charge in [0.15, 0.2) is 0 Å². The SMILES string of the molecule is CCCOc1cccc(C(=O)Nc2cn[nH]c2-c2ccccc2)c1. The van der Waals surface area contributed by atoms with Crippen molar-refractivity contribution in [3.63, 3.8) is 0 Å². The van der Waals surface area contributed by atoms with Crippen LogP contribution in [0.1, 0.15) is 23.7 Å². The first-order chi connectivity index (χ1) is 11.8. The second-order valence-electron chi connectivity index (χ2n) is 5.36. The van der Waals surface area contributed by atoms with Crippen molar-refractivity contribution in [2.45, 2.75) is 13.3 Å². The van der Waals surface area contributed by atoms with E-state index in [0.29, 0.717) is 23.6 Å². The predicted octanol–water partition coefficient (Wildman–Crippen LogP) is 4.12. The number of amides is 1. The molecule has 0 spiro atoms. The van der Waals surface area contributed by atoms with Gasteiger partial charge in [0.05, 0.1) is 24.2 Å². The van der Waals surface area contributed by atoms with E-state index < -0.39 is 0 Å². The average molecular weight is 321 g/mol. The average Bonchev–Trinajstić information content (AvgIpc) is 3.09. The lowest BCUT2D eigenvalue weighted by Gasteiger charge is -2.08. The molecular weight excluding hydrogens is 302 g/mol. The fourth-order valence-electron chi connectivity index (χ4n) is 2.35. The number of rotatable bonds is 6. The summed E-state index contributed by atoms with van der Waals surface area (Å²) in [6.07, 6.45) is 2.53. The second kappa shape index (κ2) is 7.46. The number of benzene rings is 2. The number of hydrogen-bond donors (Lipinski definition) is 2. The van der Waals surface area contributed by atoms with Crippen LogP contribution < -0.4 is 10.1 Å². The quantitative estimate of drug-likeness (QED) is 0.717. The summed E-state index contributed by atoms with van der Waals surface area (Å²) in [5.41, 5.74) is 2.93. The molecule has 5 heteroatoms. The van der Waals surface area contributed by atoms with Gasteiger partial charge < -0.3 is 10.1 Å². The summed E-state index contributed by atoms with van der Waals surface area (Å²) in [5.74, 6) is 0.496. The van der Waals surface area contributed by atoms with E-state index >= 15 is 0 Å². The molecule has 1 aromatic heterocycles. The zero-order chi connectivity index (χ0) is 16.8. The van der Waals surface area contributed by atoms with Crippen LogP contribution in [0.5, 0.6) is 5.75 Å². The van der Waals surface area contributed by atoms with Gasteiger partial charge in [-0.05, 0) is 24.6 Å². The van der Waals surface area contributed by atoms with E-state index in [-0.39, 0.29) is 5.91 Å². The molecular formula is C19H19N3O2. The minimum absolute atomic E-state index is 0.199. The number of nitrogens with zero attached hydrogens (tertiary/aromatic N) is 1. The van der Waals surface area contributed by atoms with Crippen LogP contribution in [0.2, 0.25) is 0 Å². The molecule has 122 valence electrons. The first-order valence-electron chi connectivity index (χ1n) is 7.91. The Kier molecular flexibility index (Phi) is 4.91. The smallest absolute Gasteiger partial charge is 0.255 e. The normalized spacial score (nSPS) is 10.4. The molecule has 3 aromatic rings. The molecule has 2 aromatic carbocycles. The van der Waals surface area contributed by atoms with E-state index in [9.17, 15) is 4.79 Å². The lowest BCUT2D eigenvalue weighted by molar-refractivity contribution is 0.102. The van der Waals surface area contributed by atoms with Crippen molar-refractivity contribution in [2.24, 2.45) is 0 Å². The van der Waals surface area contributed by atoms with Crippen molar-refractivity contribution < 1.29 is 9.53 Å². The Labute approximate surface area is 140 Å². The van der Waals surface area contributed by atoms with E-state index in [2.05, 4.69) is 15.5 Å². The molecule has 0 aliphatic heterocycles. The van der Waals surface area contributed by atoms with Crippen molar-refractivity contribution >= 4 is 11.6 Å². The molecule has 5 nitrogen and oxygen atoms in total. The molecule has 3 rings (SSSR count). The summed E-state index contributed by atoms with van der Waals surface area (Å²) in [4.78, 5) is 12.5. The second-order valence-corrected chi connectivity index (χ2v) is 5.36.